The largest absolute Gasteiger partial charge is 0.353 e. The van der Waals surface area contributed by atoms with Crippen molar-refractivity contribution in [3.05, 3.63) is 35.9 Å². The van der Waals surface area contributed by atoms with Crippen molar-refractivity contribution in [3.8, 4) is 0 Å². The van der Waals surface area contributed by atoms with Crippen LogP contribution in [0.2, 0.25) is 0 Å². The summed E-state index contributed by atoms with van der Waals surface area (Å²) in [6.45, 7) is 5.89. The van der Waals surface area contributed by atoms with Crippen LogP contribution in [0, 0.1) is 0 Å². The van der Waals surface area contributed by atoms with Crippen molar-refractivity contribution in [2.75, 3.05) is 19.8 Å². The lowest BCUT2D eigenvalue weighted by Gasteiger charge is -2.22. The highest BCUT2D eigenvalue weighted by atomic mass is 16.7. The summed E-state index contributed by atoms with van der Waals surface area (Å²) < 4.78 is 11.1. The summed E-state index contributed by atoms with van der Waals surface area (Å²) in [4.78, 5) is 0. The Kier molecular flexibility index (Phi) is 6.86. The Labute approximate surface area is 104 Å². The van der Waals surface area contributed by atoms with E-state index in [9.17, 15) is 0 Å². The highest BCUT2D eigenvalue weighted by Crippen LogP contribution is 2.21. The van der Waals surface area contributed by atoms with Gasteiger partial charge >= 0.3 is 0 Å². The molecule has 3 nitrogen and oxygen atoms in total. The highest BCUT2D eigenvalue weighted by molar-refractivity contribution is 5.19. The van der Waals surface area contributed by atoms with E-state index in [1.165, 1.54) is 5.56 Å². The van der Waals surface area contributed by atoms with Crippen molar-refractivity contribution in [3.63, 3.8) is 0 Å². The summed E-state index contributed by atoms with van der Waals surface area (Å²) in [5.74, 6) is 0.291. The van der Waals surface area contributed by atoms with Gasteiger partial charge in [-0.2, -0.15) is 0 Å². The molecule has 0 aromatic heterocycles. The van der Waals surface area contributed by atoms with Crippen LogP contribution in [-0.4, -0.2) is 26.0 Å². The van der Waals surface area contributed by atoms with Crippen molar-refractivity contribution in [2.45, 2.75) is 32.5 Å². The fourth-order valence-electron chi connectivity index (χ4n) is 1.88. The molecule has 0 aliphatic heterocycles. The van der Waals surface area contributed by atoms with Gasteiger partial charge in [-0.1, -0.05) is 30.3 Å². The van der Waals surface area contributed by atoms with Crippen molar-refractivity contribution < 1.29 is 9.47 Å². The van der Waals surface area contributed by atoms with Crippen LogP contribution in [0.3, 0.4) is 0 Å². The maximum Gasteiger partial charge on any atom is 0.158 e. The number of ether oxygens (including phenoxy) is 2. The SMILES string of the molecule is CCOC(C[C@@H](CN)c1ccccc1)OCC. The predicted octanol–water partition coefficient (Wildman–Crippen LogP) is 2.52. The first-order valence-electron chi connectivity index (χ1n) is 6.30. The molecule has 0 unspecified atom stereocenters. The molecule has 96 valence electrons. The van der Waals surface area contributed by atoms with Gasteiger partial charge in [0.15, 0.2) is 6.29 Å². The molecule has 0 aliphatic rings. The molecule has 1 atom stereocenters. The summed E-state index contributed by atoms with van der Waals surface area (Å²) in [5.41, 5.74) is 7.08. The lowest BCUT2D eigenvalue weighted by molar-refractivity contribution is -0.142. The van der Waals surface area contributed by atoms with Gasteiger partial charge in [-0.25, -0.2) is 0 Å². The molecule has 1 aromatic carbocycles. The number of hydrogen-bond donors (Lipinski definition) is 1. The second kappa shape index (κ2) is 8.23. The molecular weight excluding hydrogens is 214 g/mol. The summed E-state index contributed by atoms with van der Waals surface area (Å²) in [7, 11) is 0. The summed E-state index contributed by atoms with van der Waals surface area (Å²) in [5, 5.41) is 0. The number of benzene rings is 1. The Bertz CT molecular complexity index is 284. The second-order valence-corrected chi connectivity index (χ2v) is 3.92. The van der Waals surface area contributed by atoms with Crippen LogP contribution < -0.4 is 5.73 Å². The average Bonchev–Trinajstić information content (AvgIpc) is 2.37. The second-order valence-electron chi connectivity index (χ2n) is 3.92. The Morgan fingerprint density at radius 2 is 1.65 bits per heavy atom. The first-order chi connectivity index (χ1) is 8.31. The van der Waals surface area contributed by atoms with Crippen LogP contribution >= 0.6 is 0 Å². The number of nitrogens with two attached hydrogens (primary N) is 1. The van der Waals surface area contributed by atoms with Gasteiger partial charge in [-0.05, 0) is 26.0 Å². The lowest BCUT2D eigenvalue weighted by atomic mass is 9.95. The third-order valence-corrected chi connectivity index (χ3v) is 2.74. The maximum absolute atomic E-state index is 5.83. The van der Waals surface area contributed by atoms with E-state index in [0.717, 1.165) is 6.42 Å². The molecular formula is C14H23NO2. The average molecular weight is 237 g/mol. The van der Waals surface area contributed by atoms with E-state index in [1.807, 2.05) is 32.0 Å². The van der Waals surface area contributed by atoms with E-state index in [0.29, 0.717) is 25.7 Å². The molecule has 0 fully saturated rings. The first kappa shape index (κ1) is 14.2. The van der Waals surface area contributed by atoms with Crippen LogP contribution in [0.4, 0.5) is 0 Å². The zero-order chi connectivity index (χ0) is 12.5. The van der Waals surface area contributed by atoms with E-state index in [1.54, 1.807) is 0 Å². The molecule has 0 radical (unpaired) electrons. The zero-order valence-electron chi connectivity index (χ0n) is 10.8. The van der Waals surface area contributed by atoms with E-state index in [4.69, 9.17) is 15.2 Å². The minimum absolute atomic E-state index is 0.154. The molecule has 0 saturated carbocycles. The summed E-state index contributed by atoms with van der Waals surface area (Å²) in [6, 6.07) is 10.3. The fraction of sp³-hybridized carbons (Fsp3) is 0.571. The molecule has 0 heterocycles. The van der Waals surface area contributed by atoms with Crippen LogP contribution in [0.15, 0.2) is 30.3 Å². The lowest BCUT2D eigenvalue weighted by Crippen LogP contribution is -2.24. The van der Waals surface area contributed by atoms with Gasteiger partial charge in [-0.3, -0.25) is 0 Å². The van der Waals surface area contributed by atoms with Crippen LogP contribution in [0.1, 0.15) is 31.7 Å². The Morgan fingerprint density at radius 3 is 2.12 bits per heavy atom. The quantitative estimate of drug-likeness (QED) is 0.707. The van der Waals surface area contributed by atoms with Gasteiger partial charge in [0.1, 0.15) is 0 Å². The normalized spacial score (nSPS) is 12.9. The molecule has 0 bridgehead atoms. The monoisotopic (exact) mass is 237 g/mol. The molecule has 1 aromatic rings. The van der Waals surface area contributed by atoms with Gasteiger partial charge in [0.2, 0.25) is 0 Å². The van der Waals surface area contributed by atoms with Gasteiger partial charge in [0, 0.05) is 25.6 Å². The van der Waals surface area contributed by atoms with Crippen molar-refractivity contribution in [1.82, 2.24) is 0 Å². The fourth-order valence-corrected chi connectivity index (χ4v) is 1.88. The molecule has 1 rings (SSSR count). The Hall–Kier alpha value is -0.900. The van der Waals surface area contributed by atoms with E-state index in [-0.39, 0.29) is 6.29 Å². The molecule has 0 saturated heterocycles. The summed E-state index contributed by atoms with van der Waals surface area (Å²) in [6.07, 6.45) is 0.654. The van der Waals surface area contributed by atoms with Crippen LogP contribution in [-0.2, 0) is 9.47 Å². The van der Waals surface area contributed by atoms with Gasteiger partial charge < -0.3 is 15.2 Å². The van der Waals surface area contributed by atoms with Gasteiger partial charge in [-0.15, -0.1) is 0 Å². The molecule has 0 amide bonds. The minimum Gasteiger partial charge on any atom is -0.353 e. The topological polar surface area (TPSA) is 44.5 Å². The molecule has 3 heteroatoms. The van der Waals surface area contributed by atoms with E-state index >= 15 is 0 Å². The summed E-state index contributed by atoms with van der Waals surface area (Å²) >= 11 is 0. The first-order valence-corrected chi connectivity index (χ1v) is 6.30. The molecule has 2 N–H and O–H groups in total. The van der Waals surface area contributed by atoms with E-state index in [2.05, 4.69) is 12.1 Å². The van der Waals surface area contributed by atoms with Gasteiger partial charge in [0.05, 0.1) is 0 Å². The molecule has 17 heavy (non-hydrogen) atoms. The molecule has 0 aliphatic carbocycles. The van der Waals surface area contributed by atoms with Crippen molar-refractivity contribution in [2.24, 2.45) is 5.73 Å². The standard InChI is InChI=1S/C14H23NO2/c1-3-16-14(17-4-2)10-13(11-15)12-8-6-5-7-9-12/h5-9,13-14H,3-4,10-11,15H2,1-2H3/t13-/m0/s1. The van der Waals surface area contributed by atoms with Crippen molar-refractivity contribution >= 4 is 0 Å². The highest BCUT2D eigenvalue weighted by Gasteiger charge is 2.17. The Balaban J connectivity index is 2.61. The van der Waals surface area contributed by atoms with Crippen LogP contribution in [0.25, 0.3) is 0 Å². The molecule has 0 spiro atoms. The number of hydrogen-bond acceptors (Lipinski definition) is 3. The Morgan fingerprint density at radius 1 is 1.06 bits per heavy atom. The van der Waals surface area contributed by atoms with E-state index < -0.39 is 0 Å². The smallest absolute Gasteiger partial charge is 0.158 e. The van der Waals surface area contributed by atoms with Crippen LogP contribution in [0.5, 0.6) is 0 Å². The minimum atomic E-state index is -0.154. The third-order valence-electron chi connectivity index (χ3n) is 2.74. The van der Waals surface area contributed by atoms with Gasteiger partial charge in [0.25, 0.3) is 0 Å². The third kappa shape index (κ3) is 4.86. The maximum atomic E-state index is 5.83. The number of rotatable bonds is 8. The zero-order valence-corrected chi connectivity index (χ0v) is 10.8. The predicted molar refractivity (Wildman–Crippen MR) is 69.9 cm³/mol. The van der Waals surface area contributed by atoms with Crippen molar-refractivity contribution in [1.29, 1.82) is 0 Å².